The van der Waals surface area contributed by atoms with Crippen molar-refractivity contribution in [3.05, 3.63) is 89.2 Å². The monoisotopic (exact) mass is 611 g/mol. The number of anilines is 2. The number of aromatic carboxylic acids is 1. The van der Waals surface area contributed by atoms with Crippen molar-refractivity contribution in [1.29, 1.82) is 0 Å². The van der Waals surface area contributed by atoms with E-state index in [-0.39, 0.29) is 22.0 Å². The zero-order valence-electron chi connectivity index (χ0n) is 22.4. The van der Waals surface area contributed by atoms with Crippen molar-refractivity contribution in [3.63, 3.8) is 0 Å². The molecular weight excluding hydrogens is 582 g/mol. The highest BCUT2D eigenvalue weighted by Crippen LogP contribution is 2.27. The Morgan fingerprint density at radius 1 is 0.929 bits per heavy atom. The van der Waals surface area contributed by atoms with Crippen molar-refractivity contribution in [2.45, 2.75) is 31.0 Å². The van der Waals surface area contributed by atoms with Gasteiger partial charge in [-0.15, -0.1) is 0 Å². The second kappa shape index (κ2) is 13.7. The van der Waals surface area contributed by atoms with E-state index in [2.05, 4.69) is 9.62 Å². The maximum Gasteiger partial charge on any atom is 0.490 e. The van der Waals surface area contributed by atoms with Crippen LogP contribution in [0.4, 0.5) is 28.9 Å². The molecule has 0 spiro atoms. The predicted octanol–water partition coefficient (Wildman–Crippen LogP) is 4.84. The molecule has 1 heterocycles. The van der Waals surface area contributed by atoms with Crippen molar-refractivity contribution in [2.75, 3.05) is 35.8 Å². The molecule has 3 N–H and O–H groups in total. The van der Waals surface area contributed by atoms with Crippen LogP contribution in [0.5, 0.6) is 0 Å². The molecule has 1 aliphatic rings. The number of halogens is 4. The normalized spacial score (nSPS) is 14.1. The zero-order valence-corrected chi connectivity index (χ0v) is 23.3. The number of rotatable bonds is 8. The molecular formula is C28H29F4N3O6S. The van der Waals surface area contributed by atoms with Gasteiger partial charge in [0.15, 0.2) is 0 Å². The fraction of sp³-hybridized carbons (Fsp3) is 0.286. The summed E-state index contributed by atoms with van der Waals surface area (Å²) in [6, 6.07) is 17.9. The highest BCUT2D eigenvalue weighted by Gasteiger charge is 2.38. The van der Waals surface area contributed by atoms with E-state index in [1.807, 2.05) is 17.9 Å². The lowest BCUT2D eigenvalue weighted by atomic mass is 10.1. The summed E-state index contributed by atoms with van der Waals surface area (Å²) >= 11 is 0. The number of nitrogens with zero attached hydrogens (tertiary/aromatic N) is 2. The van der Waals surface area contributed by atoms with Gasteiger partial charge in [-0.05, 0) is 48.4 Å². The van der Waals surface area contributed by atoms with Gasteiger partial charge in [-0.25, -0.2) is 22.4 Å². The summed E-state index contributed by atoms with van der Waals surface area (Å²) in [6.07, 6.45) is -4.30. The van der Waals surface area contributed by atoms with E-state index < -0.39 is 28.1 Å². The number of alkyl halides is 3. The first kappa shape index (κ1) is 32.3. The molecule has 226 valence electrons. The number of aliphatic carboxylic acids is 1. The quantitative estimate of drug-likeness (QED) is 0.309. The van der Waals surface area contributed by atoms with Crippen LogP contribution >= 0.6 is 0 Å². The number of carbonyl (C=O) groups is 2. The minimum absolute atomic E-state index is 0.0130. The number of nitrogens with one attached hydrogen (secondary N) is 1. The van der Waals surface area contributed by atoms with Gasteiger partial charge in [0.25, 0.3) is 10.0 Å². The summed E-state index contributed by atoms with van der Waals surface area (Å²) in [5.41, 5.74) is 2.25. The summed E-state index contributed by atoms with van der Waals surface area (Å²) in [5, 5.41) is 16.9. The Hall–Kier alpha value is -4.17. The first-order valence-electron chi connectivity index (χ1n) is 12.7. The minimum atomic E-state index is -5.08. The van der Waals surface area contributed by atoms with Crippen LogP contribution in [0.3, 0.4) is 0 Å². The van der Waals surface area contributed by atoms with Gasteiger partial charge in [0, 0.05) is 44.0 Å². The molecule has 0 radical (unpaired) electrons. The zero-order chi connectivity index (χ0) is 31.1. The summed E-state index contributed by atoms with van der Waals surface area (Å²) in [4.78, 5) is 25.1. The van der Waals surface area contributed by atoms with E-state index in [9.17, 15) is 35.9 Å². The lowest BCUT2D eigenvalue weighted by Crippen LogP contribution is -2.46. The highest BCUT2D eigenvalue weighted by atomic mass is 32.2. The maximum atomic E-state index is 14.0. The SMILES string of the molecule is CCc1ccc(S(=O)(=O)Nc2ccc(N3CCN(Cc4ccccc4F)CC3)cc2C(=O)O)cc1.O=C(O)C(F)(F)F. The molecule has 0 unspecified atom stereocenters. The standard InChI is InChI=1S/C26H28FN3O4S.C2HF3O2/c1-2-19-7-10-22(11-8-19)35(33,34)28-25-12-9-21(17-23(25)26(31)32)30-15-13-29(14-16-30)18-20-5-3-4-6-24(20)27;3-2(4,5)1(6)7/h3-12,17,28H,2,13-16,18H2,1H3,(H,31,32);(H,6,7). The first-order valence-corrected chi connectivity index (χ1v) is 14.2. The Morgan fingerprint density at radius 2 is 1.52 bits per heavy atom. The fourth-order valence-corrected chi connectivity index (χ4v) is 5.21. The Morgan fingerprint density at radius 3 is 2.05 bits per heavy atom. The predicted molar refractivity (Wildman–Crippen MR) is 148 cm³/mol. The summed E-state index contributed by atoms with van der Waals surface area (Å²) in [5.74, 6) is -4.20. The molecule has 14 heteroatoms. The molecule has 0 aliphatic carbocycles. The molecule has 0 saturated carbocycles. The smallest absolute Gasteiger partial charge is 0.478 e. The number of aryl methyl sites for hydroxylation is 1. The summed E-state index contributed by atoms with van der Waals surface area (Å²) in [6.45, 7) is 5.16. The highest BCUT2D eigenvalue weighted by molar-refractivity contribution is 7.92. The van der Waals surface area contributed by atoms with E-state index >= 15 is 0 Å². The Balaban J connectivity index is 0.000000616. The van der Waals surface area contributed by atoms with E-state index in [1.54, 1.807) is 30.3 Å². The minimum Gasteiger partial charge on any atom is -0.478 e. The fourth-order valence-electron chi connectivity index (χ4n) is 4.13. The van der Waals surface area contributed by atoms with Crippen LogP contribution in [0.25, 0.3) is 0 Å². The third-order valence-corrected chi connectivity index (χ3v) is 7.83. The van der Waals surface area contributed by atoms with E-state index in [0.717, 1.165) is 12.0 Å². The molecule has 9 nitrogen and oxygen atoms in total. The van der Waals surface area contributed by atoms with Crippen molar-refractivity contribution in [2.24, 2.45) is 0 Å². The average molecular weight is 612 g/mol. The molecule has 42 heavy (non-hydrogen) atoms. The molecule has 4 rings (SSSR count). The van der Waals surface area contributed by atoms with Gasteiger partial charge in [-0.2, -0.15) is 13.2 Å². The Bertz CT molecular complexity index is 1510. The van der Waals surface area contributed by atoms with Gasteiger partial charge in [0.2, 0.25) is 0 Å². The largest absolute Gasteiger partial charge is 0.490 e. The van der Waals surface area contributed by atoms with Crippen LogP contribution in [0, 0.1) is 5.82 Å². The molecule has 3 aromatic rings. The van der Waals surface area contributed by atoms with Crippen LogP contribution in [0.2, 0.25) is 0 Å². The number of hydrogen-bond acceptors (Lipinski definition) is 6. The van der Waals surface area contributed by atoms with Crippen LogP contribution in [0.1, 0.15) is 28.4 Å². The number of carboxylic acids is 2. The van der Waals surface area contributed by atoms with Gasteiger partial charge in [-0.3, -0.25) is 9.62 Å². The van der Waals surface area contributed by atoms with Crippen LogP contribution in [0.15, 0.2) is 71.6 Å². The molecule has 0 aromatic heterocycles. The van der Waals surface area contributed by atoms with E-state index in [4.69, 9.17) is 9.90 Å². The van der Waals surface area contributed by atoms with Crippen molar-refractivity contribution in [1.82, 2.24) is 4.90 Å². The molecule has 0 amide bonds. The van der Waals surface area contributed by atoms with Gasteiger partial charge in [-0.1, -0.05) is 37.3 Å². The van der Waals surface area contributed by atoms with E-state index in [0.29, 0.717) is 44.0 Å². The number of sulfonamides is 1. The molecule has 0 bridgehead atoms. The van der Waals surface area contributed by atoms with Gasteiger partial charge in [0.1, 0.15) is 5.82 Å². The van der Waals surface area contributed by atoms with Crippen molar-refractivity contribution >= 4 is 33.3 Å². The Labute approximate surface area is 240 Å². The van der Waals surface area contributed by atoms with Gasteiger partial charge in [0.05, 0.1) is 16.1 Å². The van der Waals surface area contributed by atoms with Crippen LogP contribution < -0.4 is 9.62 Å². The van der Waals surface area contributed by atoms with Gasteiger partial charge < -0.3 is 15.1 Å². The van der Waals surface area contributed by atoms with Crippen molar-refractivity contribution in [3.8, 4) is 0 Å². The third kappa shape index (κ3) is 8.66. The molecule has 1 saturated heterocycles. The average Bonchev–Trinajstić information content (AvgIpc) is 2.94. The van der Waals surface area contributed by atoms with Crippen LogP contribution in [-0.2, 0) is 27.8 Å². The molecule has 0 atom stereocenters. The third-order valence-electron chi connectivity index (χ3n) is 6.45. The maximum absolute atomic E-state index is 14.0. The second-order valence-corrected chi connectivity index (χ2v) is 11.0. The molecule has 1 aliphatic heterocycles. The topological polar surface area (TPSA) is 127 Å². The molecule has 1 fully saturated rings. The second-order valence-electron chi connectivity index (χ2n) is 9.30. The lowest BCUT2D eigenvalue weighted by Gasteiger charge is -2.36. The van der Waals surface area contributed by atoms with E-state index in [1.165, 1.54) is 30.3 Å². The number of benzene rings is 3. The summed E-state index contributed by atoms with van der Waals surface area (Å²) < 4.78 is 73.8. The Kier molecular flexibility index (Phi) is 10.5. The number of hydrogen-bond donors (Lipinski definition) is 3. The van der Waals surface area contributed by atoms with Crippen molar-refractivity contribution < 1.29 is 45.8 Å². The van der Waals surface area contributed by atoms with Gasteiger partial charge >= 0.3 is 18.1 Å². The number of carboxylic acid groups (broad SMARTS) is 2. The molecule has 3 aromatic carbocycles. The lowest BCUT2D eigenvalue weighted by molar-refractivity contribution is -0.192. The number of piperazine rings is 1. The first-order chi connectivity index (χ1) is 19.7. The van der Waals surface area contributed by atoms with Crippen LogP contribution in [-0.4, -0.2) is 67.8 Å². The summed E-state index contributed by atoms with van der Waals surface area (Å²) in [7, 11) is -3.94.